The first-order valence-electron chi connectivity index (χ1n) is 5.73. The van der Waals surface area contributed by atoms with E-state index in [1.54, 1.807) is 0 Å². The molecule has 0 atom stereocenters. The Morgan fingerprint density at radius 1 is 1.17 bits per heavy atom. The van der Waals surface area contributed by atoms with Crippen molar-refractivity contribution in [3.8, 4) is 0 Å². The Hall–Kier alpha value is -1.81. The Kier molecular flexibility index (Phi) is 3.02. The molecule has 1 aromatic carbocycles. The Labute approximate surface area is 114 Å². The first kappa shape index (κ1) is 11.3. The highest BCUT2D eigenvalue weighted by molar-refractivity contribution is 9.10. The summed E-state index contributed by atoms with van der Waals surface area (Å²) in [5.41, 5.74) is 6.67. The lowest BCUT2D eigenvalue weighted by Crippen LogP contribution is -2.12. The molecule has 3 rings (SSSR count). The average molecular weight is 302 g/mol. The van der Waals surface area contributed by atoms with Gasteiger partial charge in [0.1, 0.15) is 0 Å². The topological polar surface area (TPSA) is 29.9 Å². The molecule has 4 heteroatoms. The number of halogens is 1. The van der Waals surface area contributed by atoms with E-state index in [2.05, 4.69) is 44.5 Å². The van der Waals surface area contributed by atoms with Gasteiger partial charge in [-0.2, -0.15) is 0 Å². The average Bonchev–Trinajstić information content (AvgIpc) is 2.80. The minimum Gasteiger partial charge on any atom is -0.321 e. The molecule has 0 radical (unpaired) electrons. The van der Waals surface area contributed by atoms with Crippen molar-refractivity contribution in [2.45, 2.75) is 6.54 Å². The van der Waals surface area contributed by atoms with Crippen LogP contribution in [0.25, 0.3) is 11.0 Å². The van der Waals surface area contributed by atoms with Gasteiger partial charge < -0.3 is 5.43 Å². The van der Waals surface area contributed by atoms with Crippen molar-refractivity contribution in [1.29, 1.82) is 0 Å². The molecule has 0 unspecified atom stereocenters. The van der Waals surface area contributed by atoms with Crippen molar-refractivity contribution in [2.75, 3.05) is 5.43 Å². The summed E-state index contributed by atoms with van der Waals surface area (Å²) in [6, 6.07) is 14.4. The number of hydrogen-bond acceptors (Lipinski definition) is 2. The van der Waals surface area contributed by atoms with Crippen molar-refractivity contribution in [2.24, 2.45) is 0 Å². The fraction of sp³-hybridized carbons (Fsp3) is 0.0714. The predicted octanol–water partition coefficient (Wildman–Crippen LogP) is 3.54. The van der Waals surface area contributed by atoms with E-state index >= 15 is 0 Å². The third-order valence-corrected chi connectivity index (χ3v) is 3.24. The molecule has 0 fully saturated rings. The van der Waals surface area contributed by atoms with Gasteiger partial charge >= 0.3 is 0 Å². The van der Waals surface area contributed by atoms with E-state index in [9.17, 15) is 0 Å². The number of aromatic nitrogens is 2. The van der Waals surface area contributed by atoms with Gasteiger partial charge in [0, 0.05) is 16.9 Å². The van der Waals surface area contributed by atoms with Gasteiger partial charge in [0.15, 0.2) is 0 Å². The summed E-state index contributed by atoms with van der Waals surface area (Å²) in [7, 11) is 0. The molecule has 0 aliphatic heterocycles. The maximum atomic E-state index is 4.35. The van der Waals surface area contributed by atoms with E-state index in [1.807, 2.05) is 41.3 Å². The van der Waals surface area contributed by atoms with Crippen LogP contribution < -0.4 is 5.43 Å². The highest BCUT2D eigenvalue weighted by Crippen LogP contribution is 2.17. The molecule has 18 heavy (non-hydrogen) atoms. The van der Waals surface area contributed by atoms with Crippen LogP contribution in [0, 0.1) is 0 Å². The summed E-state index contributed by atoms with van der Waals surface area (Å²) >= 11 is 3.44. The predicted molar refractivity (Wildman–Crippen MR) is 76.9 cm³/mol. The van der Waals surface area contributed by atoms with Crippen molar-refractivity contribution in [1.82, 2.24) is 9.66 Å². The van der Waals surface area contributed by atoms with Crippen molar-refractivity contribution < 1.29 is 0 Å². The number of nitrogens with zero attached hydrogens (tertiary/aromatic N) is 2. The van der Waals surface area contributed by atoms with Crippen LogP contribution in [-0.4, -0.2) is 9.66 Å². The number of fused-ring (bicyclic) bond motifs is 1. The molecule has 2 heterocycles. The molecule has 2 aromatic heterocycles. The lowest BCUT2D eigenvalue weighted by Gasteiger charge is -2.09. The Balaban J connectivity index is 1.85. The Morgan fingerprint density at radius 3 is 2.83 bits per heavy atom. The number of nitrogens with one attached hydrogen (secondary N) is 1. The molecule has 0 aliphatic carbocycles. The largest absolute Gasteiger partial charge is 0.321 e. The van der Waals surface area contributed by atoms with E-state index in [-0.39, 0.29) is 0 Å². The standard InChI is InChI=1S/C14H12BrN3/c15-12-8-14-13(16-10-12)6-7-18(14)17-9-11-4-2-1-3-5-11/h1-8,10,17H,9H2. The monoisotopic (exact) mass is 301 g/mol. The molecule has 3 aromatic rings. The van der Waals surface area contributed by atoms with Gasteiger partial charge in [-0.3, -0.25) is 9.66 Å². The molecule has 0 bridgehead atoms. The van der Waals surface area contributed by atoms with Crippen LogP contribution in [0.15, 0.2) is 59.3 Å². The number of hydrogen-bond donors (Lipinski definition) is 1. The van der Waals surface area contributed by atoms with Crippen molar-refractivity contribution >= 4 is 27.0 Å². The zero-order chi connectivity index (χ0) is 12.4. The summed E-state index contributed by atoms with van der Waals surface area (Å²) in [6.07, 6.45) is 3.80. The van der Waals surface area contributed by atoms with Gasteiger partial charge in [0.05, 0.1) is 17.6 Å². The summed E-state index contributed by atoms with van der Waals surface area (Å²) < 4.78 is 2.98. The number of pyridine rings is 1. The molecular weight excluding hydrogens is 290 g/mol. The van der Waals surface area contributed by atoms with E-state index in [0.29, 0.717) is 0 Å². The molecule has 3 nitrogen and oxygen atoms in total. The van der Waals surface area contributed by atoms with Crippen molar-refractivity contribution in [3.63, 3.8) is 0 Å². The van der Waals surface area contributed by atoms with Crippen LogP contribution >= 0.6 is 15.9 Å². The minimum atomic E-state index is 0.789. The summed E-state index contributed by atoms with van der Waals surface area (Å²) in [5, 5.41) is 0. The maximum absolute atomic E-state index is 4.35. The van der Waals surface area contributed by atoms with Gasteiger partial charge in [-0.25, -0.2) is 0 Å². The molecule has 1 N–H and O–H groups in total. The minimum absolute atomic E-state index is 0.789. The van der Waals surface area contributed by atoms with Crippen LogP contribution in [0.2, 0.25) is 0 Å². The number of rotatable bonds is 3. The molecular formula is C14H12BrN3. The fourth-order valence-electron chi connectivity index (χ4n) is 1.90. The second-order valence-corrected chi connectivity index (χ2v) is 4.98. The Morgan fingerprint density at radius 2 is 2.00 bits per heavy atom. The fourth-order valence-corrected chi connectivity index (χ4v) is 2.22. The lowest BCUT2D eigenvalue weighted by molar-refractivity contribution is 0.873. The van der Waals surface area contributed by atoms with Crippen LogP contribution in [-0.2, 0) is 6.54 Å². The molecule has 0 amide bonds. The molecule has 0 aliphatic rings. The maximum Gasteiger partial charge on any atom is 0.0901 e. The number of benzene rings is 1. The molecule has 0 saturated carbocycles. The van der Waals surface area contributed by atoms with Gasteiger partial charge in [-0.15, -0.1) is 0 Å². The highest BCUT2D eigenvalue weighted by atomic mass is 79.9. The zero-order valence-electron chi connectivity index (χ0n) is 9.68. The van der Waals surface area contributed by atoms with Crippen LogP contribution in [0.4, 0.5) is 0 Å². The molecule has 0 spiro atoms. The van der Waals surface area contributed by atoms with Gasteiger partial charge in [-0.05, 0) is 33.6 Å². The third kappa shape index (κ3) is 2.24. The Bertz CT molecular complexity index is 661. The van der Waals surface area contributed by atoms with Crippen LogP contribution in [0.5, 0.6) is 0 Å². The summed E-state index contributed by atoms with van der Waals surface area (Å²) in [6.45, 7) is 0.789. The summed E-state index contributed by atoms with van der Waals surface area (Å²) in [5.74, 6) is 0. The van der Waals surface area contributed by atoms with Crippen LogP contribution in [0.3, 0.4) is 0 Å². The van der Waals surface area contributed by atoms with Gasteiger partial charge in [0.25, 0.3) is 0 Å². The normalized spacial score (nSPS) is 10.7. The molecule has 90 valence electrons. The van der Waals surface area contributed by atoms with Crippen molar-refractivity contribution in [3.05, 3.63) is 64.9 Å². The zero-order valence-corrected chi connectivity index (χ0v) is 11.3. The first-order chi connectivity index (χ1) is 8.83. The van der Waals surface area contributed by atoms with E-state index in [1.165, 1.54) is 5.56 Å². The SMILES string of the molecule is Brc1cnc2ccn(NCc3ccccc3)c2c1. The first-order valence-corrected chi connectivity index (χ1v) is 6.53. The quantitative estimate of drug-likeness (QED) is 0.802. The van der Waals surface area contributed by atoms with E-state index in [4.69, 9.17) is 0 Å². The third-order valence-electron chi connectivity index (χ3n) is 2.80. The summed E-state index contributed by atoms with van der Waals surface area (Å²) in [4.78, 5) is 4.35. The molecule has 0 saturated heterocycles. The second kappa shape index (κ2) is 4.82. The van der Waals surface area contributed by atoms with Crippen LogP contribution in [0.1, 0.15) is 5.56 Å². The second-order valence-electron chi connectivity index (χ2n) is 4.06. The van der Waals surface area contributed by atoms with Gasteiger partial charge in [-0.1, -0.05) is 30.3 Å². The highest BCUT2D eigenvalue weighted by Gasteiger charge is 2.02. The lowest BCUT2D eigenvalue weighted by atomic mass is 10.2. The smallest absolute Gasteiger partial charge is 0.0901 e. The van der Waals surface area contributed by atoms with Gasteiger partial charge in [0.2, 0.25) is 0 Å². The van der Waals surface area contributed by atoms with E-state index in [0.717, 1.165) is 22.1 Å². The van der Waals surface area contributed by atoms with E-state index < -0.39 is 0 Å².